The van der Waals surface area contributed by atoms with Crippen LogP contribution in [0.15, 0.2) is 48.7 Å². The Morgan fingerprint density at radius 3 is 2.61 bits per heavy atom. The first-order chi connectivity index (χ1) is 15.6. The molecule has 2 aromatic carbocycles. The predicted molar refractivity (Wildman–Crippen MR) is 119 cm³/mol. The highest BCUT2D eigenvalue weighted by Gasteiger charge is 2.50. The van der Waals surface area contributed by atoms with Gasteiger partial charge in [0, 0.05) is 41.3 Å². The lowest BCUT2D eigenvalue weighted by molar-refractivity contribution is -0.159. The highest BCUT2D eigenvalue weighted by molar-refractivity contribution is 6.01. The Balaban J connectivity index is 1.57. The standard InChI is InChI=1S/C24H24FN3O5/c1-24(2)12-28(15-6-3-13(4-7-15)22(30)31)21(29)20(24)33-23(32)17(10-26)18-11-27-19-9-14(25)5-8-16(18)19/h3-9,11,17,20,27H,10,12,26H2,1-2H3,(H,30,31)/t17-,20+/m1/s1. The third-order valence-corrected chi connectivity index (χ3v) is 6.00. The fraction of sp³-hybridized carbons (Fsp3) is 0.292. The van der Waals surface area contributed by atoms with Crippen molar-refractivity contribution in [2.24, 2.45) is 11.1 Å². The number of fused-ring (bicyclic) bond motifs is 1. The number of nitrogens with two attached hydrogens (primary N) is 1. The Labute approximate surface area is 189 Å². The van der Waals surface area contributed by atoms with Crippen molar-refractivity contribution in [2.45, 2.75) is 25.9 Å². The number of carbonyl (C=O) groups is 3. The van der Waals surface area contributed by atoms with Gasteiger partial charge in [-0.15, -0.1) is 0 Å². The van der Waals surface area contributed by atoms with Gasteiger partial charge in [-0.2, -0.15) is 0 Å². The number of aromatic carboxylic acids is 1. The summed E-state index contributed by atoms with van der Waals surface area (Å²) in [6.07, 6.45) is 0.557. The number of ether oxygens (including phenoxy) is 1. The number of anilines is 1. The summed E-state index contributed by atoms with van der Waals surface area (Å²) >= 11 is 0. The predicted octanol–water partition coefficient (Wildman–Crippen LogP) is 3.03. The van der Waals surface area contributed by atoms with E-state index in [-0.39, 0.29) is 18.7 Å². The number of benzene rings is 2. The minimum atomic E-state index is -1.06. The number of amides is 1. The van der Waals surface area contributed by atoms with Crippen LogP contribution in [0.4, 0.5) is 10.1 Å². The molecule has 1 saturated heterocycles. The van der Waals surface area contributed by atoms with Gasteiger partial charge in [-0.3, -0.25) is 9.59 Å². The van der Waals surface area contributed by atoms with Crippen LogP contribution in [0.1, 0.15) is 35.7 Å². The average Bonchev–Trinajstić information content (AvgIpc) is 3.27. The Hall–Kier alpha value is -3.72. The van der Waals surface area contributed by atoms with Crippen molar-refractivity contribution in [3.8, 4) is 0 Å². The van der Waals surface area contributed by atoms with Gasteiger partial charge in [-0.1, -0.05) is 13.8 Å². The van der Waals surface area contributed by atoms with E-state index in [2.05, 4.69) is 4.98 Å². The van der Waals surface area contributed by atoms with E-state index in [1.54, 1.807) is 24.4 Å². The Bertz CT molecular complexity index is 1230. The van der Waals surface area contributed by atoms with Gasteiger partial charge in [0.15, 0.2) is 6.10 Å². The van der Waals surface area contributed by atoms with Crippen LogP contribution in [0.3, 0.4) is 0 Å². The van der Waals surface area contributed by atoms with Crippen molar-refractivity contribution >= 4 is 34.4 Å². The number of nitrogens with one attached hydrogen (secondary N) is 1. The highest BCUT2D eigenvalue weighted by atomic mass is 19.1. The number of carboxylic acids is 1. The average molecular weight is 453 g/mol. The van der Waals surface area contributed by atoms with E-state index < -0.39 is 41.1 Å². The molecule has 3 aromatic rings. The van der Waals surface area contributed by atoms with Crippen molar-refractivity contribution in [1.29, 1.82) is 0 Å². The number of rotatable bonds is 6. The maximum absolute atomic E-state index is 13.5. The monoisotopic (exact) mass is 453 g/mol. The molecule has 0 unspecified atom stereocenters. The maximum atomic E-state index is 13.5. The number of esters is 1. The van der Waals surface area contributed by atoms with Crippen molar-refractivity contribution in [1.82, 2.24) is 4.98 Å². The van der Waals surface area contributed by atoms with Crippen LogP contribution in [0.2, 0.25) is 0 Å². The summed E-state index contributed by atoms with van der Waals surface area (Å²) in [5.41, 5.74) is 6.92. The van der Waals surface area contributed by atoms with Crippen molar-refractivity contribution < 1.29 is 28.6 Å². The fourth-order valence-corrected chi connectivity index (χ4v) is 4.21. The molecule has 0 aliphatic carbocycles. The summed E-state index contributed by atoms with van der Waals surface area (Å²) in [5, 5.41) is 9.74. The highest BCUT2D eigenvalue weighted by Crippen LogP contribution is 2.37. The number of aromatic nitrogens is 1. The number of H-pyrrole nitrogens is 1. The van der Waals surface area contributed by atoms with Gasteiger partial charge in [0.1, 0.15) is 5.82 Å². The molecule has 1 fully saturated rings. The molecule has 2 atom stereocenters. The number of aromatic amines is 1. The lowest BCUT2D eigenvalue weighted by Gasteiger charge is -2.25. The summed E-state index contributed by atoms with van der Waals surface area (Å²) in [6.45, 7) is 3.88. The zero-order chi connectivity index (χ0) is 23.9. The number of carbonyl (C=O) groups excluding carboxylic acids is 2. The molecule has 1 aliphatic rings. The first kappa shape index (κ1) is 22.5. The Morgan fingerprint density at radius 1 is 1.27 bits per heavy atom. The Morgan fingerprint density at radius 2 is 1.97 bits per heavy atom. The summed E-state index contributed by atoms with van der Waals surface area (Å²) in [5.74, 6) is -3.34. The first-order valence-electron chi connectivity index (χ1n) is 10.4. The zero-order valence-electron chi connectivity index (χ0n) is 18.2. The third-order valence-electron chi connectivity index (χ3n) is 6.00. The lowest BCUT2D eigenvalue weighted by atomic mass is 9.89. The largest absolute Gasteiger partial charge is 0.478 e. The van der Waals surface area contributed by atoms with E-state index in [1.807, 2.05) is 13.8 Å². The molecule has 0 bridgehead atoms. The number of halogens is 1. The van der Waals surface area contributed by atoms with E-state index in [9.17, 15) is 18.8 Å². The van der Waals surface area contributed by atoms with Crippen LogP contribution in [0.5, 0.6) is 0 Å². The van der Waals surface area contributed by atoms with E-state index in [4.69, 9.17) is 15.6 Å². The molecule has 0 saturated carbocycles. The maximum Gasteiger partial charge on any atom is 0.335 e. The number of hydrogen-bond acceptors (Lipinski definition) is 5. The second kappa shape index (κ2) is 8.32. The van der Waals surface area contributed by atoms with Gasteiger partial charge in [0.05, 0.1) is 11.5 Å². The molecule has 1 amide bonds. The molecule has 0 radical (unpaired) electrons. The Kier molecular flexibility index (Phi) is 5.67. The van der Waals surface area contributed by atoms with Crippen LogP contribution in [0, 0.1) is 11.2 Å². The van der Waals surface area contributed by atoms with Gasteiger partial charge in [-0.25, -0.2) is 9.18 Å². The zero-order valence-corrected chi connectivity index (χ0v) is 18.2. The normalized spacial score (nSPS) is 18.5. The number of hydrogen-bond donors (Lipinski definition) is 3. The van der Waals surface area contributed by atoms with Crippen LogP contribution < -0.4 is 10.6 Å². The number of carboxylic acid groups (broad SMARTS) is 1. The second-order valence-corrected chi connectivity index (χ2v) is 8.80. The molecule has 1 aliphatic heterocycles. The van der Waals surface area contributed by atoms with Crippen molar-refractivity contribution in [2.75, 3.05) is 18.0 Å². The first-order valence-corrected chi connectivity index (χ1v) is 10.4. The van der Waals surface area contributed by atoms with Crippen molar-refractivity contribution in [3.05, 3.63) is 65.6 Å². The minimum Gasteiger partial charge on any atom is -0.478 e. The molecular weight excluding hydrogens is 429 g/mol. The van der Waals surface area contributed by atoms with Crippen LogP contribution in [-0.4, -0.2) is 47.1 Å². The molecule has 2 heterocycles. The van der Waals surface area contributed by atoms with Gasteiger partial charge in [0.2, 0.25) is 0 Å². The lowest BCUT2D eigenvalue weighted by Crippen LogP contribution is -2.38. The molecule has 4 N–H and O–H groups in total. The third kappa shape index (κ3) is 4.07. The van der Waals surface area contributed by atoms with Gasteiger partial charge < -0.3 is 25.5 Å². The van der Waals surface area contributed by atoms with Gasteiger partial charge in [-0.05, 0) is 48.0 Å². The molecular formula is C24H24FN3O5. The summed E-state index contributed by atoms with van der Waals surface area (Å²) < 4.78 is 19.2. The van der Waals surface area contributed by atoms with Crippen LogP contribution >= 0.6 is 0 Å². The van der Waals surface area contributed by atoms with Crippen LogP contribution in [-0.2, 0) is 14.3 Å². The topological polar surface area (TPSA) is 126 Å². The molecule has 9 heteroatoms. The fourth-order valence-electron chi connectivity index (χ4n) is 4.21. The smallest absolute Gasteiger partial charge is 0.335 e. The number of nitrogens with zero attached hydrogens (tertiary/aromatic N) is 1. The van der Waals surface area contributed by atoms with E-state index in [1.165, 1.54) is 29.2 Å². The second-order valence-electron chi connectivity index (χ2n) is 8.80. The molecule has 33 heavy (non-hydrogen) atoms. The van der Waals surface area contributed by atoms with E-state index in [0.717, 1.165) is 0 Å². The van der Waals surface area contributed by atoms with Gasteiger partial charge >= 0.3 is 11.9 Å². The summed E-state index contributed by atoms with van der Waals surface area (Å²) in [7, 11) is 0. The molecule has 0 spiro atoms. The quantitative estimate of drug-likeness (QED) is 0.493. The molecule has 8 nitrogen and oxygen atoms in total. The summed E-state index contributed by atoms with van der Waals surface area (Å²) in [6, 6.07) is 10.1. The van der Waals surface area contributed by atoms with Crippen LogP contribution in [0.25, 0.3) is 10.9 Å². The molecule has 172 valence electrons. The van der Waals surface area contributed by atoms with Crippen molar-refractivity contribution in [3.63, 3.8) is 0 Å². The van der Waals surface area contributed by atoms with E-state index >= 15 is 0 Å². The molecule has 4 rings (SSSR count). The minimum absolute atomic E-state index is 0.0507. The molecule has 1 aromatic heterocycles. The van der Waals surface area contributed by atoms with Gasteiger partial charge in [0.25, 0.3) is 5.91 Å². The van der Waals surface area contributed by atoms with E-state index in [0.29, 0.717) is 22.2 Å². The SMILES string of the molecule is CC1(C)CN(c2ccc(C(=O)O)cc2)C(=O)[C@@H]1OC(=O)[C@H](CN)c1c[nH]c2cc(F)ccc12. The summed E-state index contributed by atoms with van der Waals surface area (Å²) in [4.78, 5) is 41.8.